The van der Waals surface area contributed by atoms with Crippen molar-refractivity contribution in [1.29, 1.82) is 0 Å². The molecule has 4 nitrogen and oxygen atoms in total. The number of alkyl halides is 1. The maximum absolute atomic E-state index is 11.1. The fraction of sp³-hybridized carbons (Fsp3) is 0.400. The fourth-order valence-electron chi connectivity index (χ4n) is 4.37. The highest BCUT2D eigenvalue weighted by Crippen LogP contribution is 2.42. The standard InChI is InChI=1S/C20H20BrClN2O2/c21-16-3-1-2-13(9-16)11-23-12-14-4-7-19(23)20(22)18-6-5-17(24(25)26)10-15(18)8-14/h1-3,5-6,9-10,14,19-20H,4,7-8,11-12H2. The molecular formula is C20H20BrClN2O2. The van der Waals surface area contributed by atoms with Crippen LogP contribution in [0.4, 0.5) is 5.69 Å². The van der Waals surface area contributed by atoms with Gasteiger partial charge in [0.25, 0.3) is 5.69 Å². The van der Waals surface area contributed by atoms with E-state index in [-0.39, 0.29) is 22.0 Å². The Morgan fingerprint density at radius 1 is 1.23 bits per heavy atom. The van der Waals surface area contributed by atoms with Gasteiger partial charge in [-0.2, -0.15) is 0 Å². The molecule has 1 aliphatic carbocycles. The van der Waals surface area contributed by atoms with Crippen LogP contribution in [0, 0.1) is 16.0 Å². The number of halogens is 2. The van der Waals surface area contributed by atoms with E-state index in [2.05, 4.69) is 39.0 Å². The Bertz CT molecular complexity index is 844. The molecule has 2 aromatic rings. The average Bonchev–Trinajstić information content (AvgIpc) is 2.60. The van der Waals surface area contributed by atoms with Crippen LogP contribution in [0.15, 0.2) is 46.9 Å². The van der Waals surface area contributed by atoms with Gasteiger partial charge in [0.15, 0.2) is 0 Å². The lowest BCUT2D eigenvalue weighted by atomic mass is 9.79. The van der Waals surface area contributed by atoms with Crippen molar-refractivity contribution < 1.29 is 4.92 Å². The monoisotopic (exact) mass is 434 g/mol. The highest BCUT2D eigenvalue weighted by molar-refractivity contribution is 9.10. The molecule has 2 bridgehead atoms. The number of hydrogen-bond acceptors (Lipinski definition) is 3. The summed E-state index contributed by atoms with van der Waals surface area (Å²) in [7, 11) is 0. The molecule has 2 aromatic carbocycles. The van der Waals surface area contributed by atoms with Crippen molar-refractivity contribution in [2.24, 2.45) is 5.92 Å². The van der Waals surface area contributed by atoms with Gasteiger partial charge < -0.3 is 0 Å². The second-order valence-corrected chi connectivity index (χ2v) is 8.70. The molecule has 1 saturated heterocycles. The van der Waals surface area contributed by atoms with Crippen molar-refractivity contribution in [3.8, 4) is 0 Å². The van der Waals surface area contributed by atoms with E-state index < -0.39 is 0 Å². The van der Waals surface area contributed by atoms with Crippen LogP contribution in [-0.2, 0) is 13.0 Å². The molecule has 1 fully saturated rings. The quantitative estimate of drug-likeness (QED) is 0.365. The molecular weight excluding hydrogens is 416 g/mol. The van der Waals surface area contributed by atoms with Crippen LogP contribution < -0.4 is 0 Å². The van der Waals surface area contributed by atoms with E-state index in [1.54, 1.807) is 12.1 Å². The van der Waals surface area contributed by atoms with Gasteiger partial charge in [-0.05, 0) is 54.0 Å². The zero-order chi connectivity index (χ0) is 18.3. The lowest BCUT2D eigenvalue weighted by Gasteiger charge is -2.44. The Balaban J connectivity index is 1.65. The molecule has 0 N–H and O–H groups in total. The van der Waals surface area contributed by atoms with Crippen LogP contribution in [-0.4, -0.2) is 22.4 Å². The van der Waals surface area contributed by atoms with Crippen LogP contribution in [0.3, 0.4) is 0 Å². The molecule has 26 heavy (non-hydrogen) atoms. The molecule has 3 atom stereocenters. The highest BCUT2D eigenvalue weighted by Gasteiger charge is 2.37. The number of nitro benzene ring substituents is 1. The Labute approximate surface area is 166 Å². The lowest BCUT2D eigenvalue weighted by Crippen LogP contribution is -2.47. The first-order valence-electron chi connectivity index (χ1n) is 8.91. The summed E-state index contributed by atoms with van der Waals surface area (Å²) in [6.07, 6.45) is 3.07. The van der Waals surface area contributed by atoms with E-state index >= 15 is 0 Å². The number of hydrogen-bond donors (Lipinski definition) is 0. The van der Waals surface area contributed by atoms with Gasteiger partial charge in [-0.15, -0.1) is 11.6 Å². The van der Waals surface area contributed by atoms with Gasteiger partial charge in [0.1, 0.15) is 0 Å². The molecule has 2 heterocycles. The van der Waals surface area contributed by atoms with E-state index in [1.165, 1.54) is 5.56 Å². The van der Waals surface area contributed by atoms with Gasteiger partial charge >= 0.3 is 0 Å². The smallest absolute Gasteiger partial charge is 0.269 e. The first-order valence-corrected chi connectivity index (χ1v) is 10.1. The summed E-state index contributed by atoms with van der Waals surface area (Å²) in [6.45, 7) is 1.87. The number of non-ortho nitro benzene ring substituents is 1. The molecule has 2 aliphatic heterocycles. The predicted molar refractivity (Wildman–Crippen MR) is 106 cm³/mol. The number of fused-ring (bicyclic) bond motifs is 2. The highest BCUT2D eigenvalue weighted by atomic mass is 79.9. The van der Waals surface area contributed by atoms with E-state index in [9.17, 15) is 10.1 Å². The normalized spacial score (nSPS) is 25.4. The van der Waals surface area contributed by atoms with Gasteiger partial charge in [-0.3, -0.25) is 15.0 Å². The predicted octanol–water partition coefficient (Wildman–Crippen LogP) is 5.47. The van der Waals surface area contributed by atoms with E-state index in [4.69, 9.17) is 11.6 Å². The summed E-state index contributed by atoms with van der Waals surface area (Å²) in [5.41, 5.74) is 3.55. The molecule has 5 rings (SSSR count). The Hall–Kier alpha value is -1.43. The summed E-state index contributed by atoms with van der Waals surface area (Å²) in [5, 5.41) is 11.0. The van der Waals surface area contributed by atoms with Gasteiger partial charge in [-0.1, -0.05) is 34.1 Å². The number of benzene rings is 2. The molecule has 0 spiro atoms. The Kier molecular flexibility index (Phi) is 5.04. The first kappa shape index (κ1) is 18.0. The number of nitrogens with zero attached hydrogens (tertiary/aromatic N) is 2. The molecule has 3 unspecified atom stereocenters. The van der Waals surface area contributed by atoms with Gasteiger partial charge in [0.05, 0.1) is 10.3 Å². The second kappa shape index (κ2) is 7.29. The number of rotatable bonds is 3. The minimum atomic E-state index is -0.319. The van der Waals surface area contributed by atoms with Crippen LogP contribution >= 0.6 is 27.5 Å². The maximum atomic E-state index is 11.1. The maximum Gasteiger partial charge on any atom is 0.269 e. The molecule has 3 aliphatic rings. The topological polar surface area (TPSA) is 46.4 Å². The van der Waals surface area contributed by atoms with E-state index in [0.717, 1.165) is 48.0 Å². The summed E-state index contributed by atoms with van der Waals surface area (Å²) in [5.74, 6) is 0.517. The zero-order valence-corrected chi connectivity index (χ0v) is 16.6. The fourth-order valence-corrected chi connectivity index (χ4v) is 5.31. The summed E-state index contributed by atoms with van der Waals surface area (Å²) in [4.78, 5) is 13.3. The first-order chi connectivity index (χ1) is 12.5. The zero-order valence-electron chi connectivity index (χ0n) is 14.3. The Morgan fingerprint density at radius 2 is 2.08 bits per heavy atom. The van der Waals surface area contributed by atoms with Crippen molar-refractivity contribution in [3.05, 3.63) is 73.7 Å². The summed E-state index contributed by atoms with van der Waals surface area (Å²) in [6, 6.07) is 13.8. The second-order valence-electron chi connectivity index (χ2n) is 7.32. The van der Waals surface area contributed by atoms with Crippen molar-refractivity contribution in [3.63, 3.8) is 0 Å². The van der Waals surface area contributed by atoms with Gasteiger partial charge in [-0.25, -0.2) is 0 Å². The van der Waals surface area contributed by atoms with E-state index in [1.807, 2.05) is 12.1 Å². The lowest BCUT2D eigenvalue weighted by molar-refractivity contribution is -0.384. The third-order valence-electron chi connectivity index (χ3n) is 5.59. The van der Waals surface area contributed by atoms with Crippen molar-refractivity contribution in [2.75, 3.05) is 6.54 Å². The van der Waals surface area contributed by atoms with Crippen molar-refractivity contribution >= 4 is 33.2 Å². The number of piperidine rings is 1. The molecule has 0 saturated carbocycles. The summed E-state index contributed by atoms with van der Waals surface area (Å²) >= 11 is 10.5. The molecule has 0 amide bonds. The SMILES string of the molecule is O=[N+]([O-])c1ccc2c(c1)CC1CCC(C2Cl)N(Cc2cccc(Br)c2)C1. The van der Waals surface area contributed by atoms with Gasteiger partial charge in [0.2, 0.25) is 0 Å². The third-order valence-corrected chi connectivity index (χ3v) is 6.61. The van der Waals surface area contributed by atoms with Crippen LogP contribution in [0.5, 0.6) is 0 Å². The minimum Gasteiger partial charge on any atom is -0.294 e. The van der Waals surface area contributed by atoms with E-state index in [0.29, 0.717) is 5.92 Å². The third kappa shape index (κ3) is 3.53. The largest absolute Gasteiger partial charge is 0.294 e. The van der Waals surface area contributed by atoms with Crippen molar-refractivity contribution in [1.82, 2.24) is 4.90 Å². The molecule has 0 radical (unpaired) electrons. The Morgan fingerprint density at radius 3 is 2.85 bits per heavy atom. The van der Waals surface area contributed by atoms with Crippen LogP contribution in [0.2, 0.25) is 0 Å². The average molecular weight is 436 g/mol. The van der Waals surface area contributed by atoms with Gasteiger partial charge in [0, 0.05) is 35.7 Å². The summed E-state index contributed by atoms with van der Waals surface area (Å²) < 4.78 is 1.09. The van der Waals surface area contributed by atoms with Crippen molar-refractivity contribution in [2.45, 2.75) is 37.2 Å². The van der Waals surface area contributed by atoms with Crippen LogP contribution in [0.1, 0.15) is 34.9 Å². The number of nitro groups is 1. The molecule has 0 aromatic heterocycles. The minimum absolute atomic E-state index is 0.140. The molecule has 6 heteroatoms. The molecule has 136 valence electrons. The van der Waals surface area contributed by atoms with Crippen LogP contribution in [0.25, 0.3) is 0 Å².